The lowest BCUT2D eigenvalue weighted by molar-refractivity contribution is -0.832. The third-order valence-electron chi connectivity index (χ3n) is 4.09. The first-order valence-corrected chi connectivity index (χ1v) is 12.4. The maximum absolute atomic E-state index is 12.7. The third kappa shape index (κ3) is 6.90. The van der Waals surface area contributed by atoms with Crippen molar-refractivity contribution in [2.24, 2.45) is 0 Å². The van der Waals surface area contributed by atoms with Gasteiger partial charge in [-0.05, 0) is 29.9 Å². The van der Waals surface area contributed by atoms with Crippen LogP contribution in [0.2, 0.25) is 0 Å². The number of carbonyl (C=O) groups excluding carboxylic acids is 1. The van der Waals surface area contributed by atoms with Crippen LogP contribution in [0.3, 0.4) is 0 Å². The van der Waals surface area contributed by atoms with E-state index in [1.54, 1.807) is 6.07 Å². The summed E-state index contributed by atoms with van der Waals surface area (Å²) in [6.45, 7) is 1.83. The Balaban J connectivity index is 1.98. The van der Waals surface area contributed by atoms with E-state index in [-0.39, 0.29) is 41.7 Å². The van der Waals surface area contributed by atoms with Crippen LogP contribution in [0.25, 0.3) is 0 Å². The van der Waals surface area contributed by atoms with Crippen LogP contribution in [-0.4, -0.2) is 62.8 Å². The van der Waals surface area contributed by atoms with Gasteiger partial charge in [-0.2, -0.15) is 8.42 Å². The number of amides is 1. The second kappa shape index (κ2) is 10.5. The highest BCUT2D eigenvalue weighted by molar-refractivity contribution is 7.91. The molecule has 0 radical (unpaired) electrons. The van der Waals surface area contributed by atoms with Gasteiger partial charge in [-0.15, -0.1) is 0 Å². The fourth-order valence-corrected chi connectivity index (χ4v) is 4.39. The standard InChI is InChI=1S/C17H23N3O9S2/c1-2-10-19(11-13-30(23,24)25)15(21)9-6-12-28-16-17(20(22)29-18-16)31(26,27)14-7-4-3-5-8-14/h3-5,7-8H,2,6,9-13H2,1H3,(H,23,24,25). The van der Waals surface area contributed by atoms with Crippen LogP contribution >= 0.6 is 0 Å². The second-order valence-corrected chi connectivity index (χ2v) is 9.91. The summed E-state index contributed by atoms with van der Waals surface area (Å²) in [7, 11) is -8.44. The van der Waals surface area contributed by atoms with Gasteiger partial charge >= 0.3 is 10.9 Å². The molecule has 31 heavy (non-hydrogen) atoms. The molecule has 172 valence electrons. The minimum absolute atomic E-state index is 0.0263. The first-order valence-electron chi connectivity index (χ1n) is 9.32. The molecule has 2 rings (SSSR count). The summed E-state index contributed by atoms with van der Waals surface area (Å²) in [4.78, 5) is 13.2. The van der Waals surface area contributed by atoms with Gasteiger partial charge in [0.2, 0.25) is 5.91 Å². The van der Waals surface area contributed by atoms with Crippen LogP contribution in [0, 0.1) is 5.21 Å². The monoisotopic (exact) mass is 477 g/mol. The van der Waals surface area contributed by atoms with Crippen LogP contribution in [0.1, 0.15) is 26.2 Å². The zero-order valence-electron chi connectivity index (χ0n) is 16.7. The highest BCUT2D eigenvalue weighted by Crippen LogP contribution is 2.25. The second-order valence-electron chi connectivity index (χ2n) is 6.48. The lowest BCUT2D eigenvalue weighted by Gasteiger charge is -2.21. The summed E-state index contributed by atoms with van der Waals surface area (Å²) in [5, 5.41) is 14.3. The Morgan fingerprint density at radius 3 is 2.52 bits per heavy atom. The van der Waals surface area contributed by atoms with Gasteiger partial charge in [-0.25, -0.2) is 8.42 Å². The Kier molecular flexibility index (Phi) is 8.36. The summed E-state index contributed by atoms with van der Waals surface area (Å²) < 4.78 is 65.6. The third-order valence-corrected chi connectivity index (χ3v) is 6.52. The number of aromatic nitrogens is 2. The summed E-state index contributed by atoms with van der Waals surface area (Å²) in [6, 6.07) is 7.21. The highest BCUT2D eigenvalue weighted by atomic mass is 32.2. The number of hydrogen-bond acceptors (Lipinski definition) is 9. The summed E-state index contributed by atoms with van der Waals surface area (Å²) in [6.07, 6.45) is 0.708. The minimum Gasteiger partial charge on any atom is -0.454 e. The number of carbonyl (C=O) groups is 1. The quantitative estimate of drug-likeness (QED) is 0.257. The smallest absolute Gasteiger partial charge is 0.414 e. The van der Waals surface area contributed by atoms with E-state index < -0.39 is 36.6 Å². The Bertz CT molecular complexity index is 1080. The first-order chi connectivity index (χ1) is 14.6. The molecule has 1 aromatic carbocycles. The molecule has 0 saturated carbocycles. The van der Waals surface area contributed by atoms with E-state index in [2.05, 4.69) is 9.79 Å². The predicted molar refractivity (Wildman–Crippen MR) is 105 cm³/mol. The van der Waals surface area contributed by atoms with Crippen molar-refractivity contribution < 1.29 is 40.5 Å². The van der Waals surface area contributed by atoms with Gasteiger partial charge in [0.1, 0.15) is 0 Å². The van der Waals surface area contributed by atoms with Crippen LogP contribution in [0.15, 0.2) is 44.9 Å². The summed E-state index contributed by atoms with van der Waals surface area (Å²) >= 11 is 0. The SMILES string of the molecule is CCCN(CCS(=O)(=O)O)C(=O)CCCOc1no[n+]([O-])c1S(=O)(=O)c1ccccc1. The molecule has 0 atom stereocenters. The summed E-state index contributed by atoms with van der Waals surface area (Å²) in [5.41, 5.74) is 0. The largest absolute Gasteiger partial charge is 0.454 e. The Hall–Kier alpha value is -2.71. The molecule has 1 amide bonds. The van der Waals surface area contributed by atoms with Gasteiger partial charge in [0.05, 0.1) is 22.4 Å². The molecule has 12 nitrogen and oxygen atoms in total. The molecular formula is C17H23N3O9S2. The molecule has 1 aromatic heterocycles. The molecule has 14 heteroatoms. The van der Waals surface area contributed by atoms with Crippen molar-refractivity contribution in [2.75, 3.05) is 25.4 Å². The van der Waals surface area contributed by atoms with Crippen LogP contribution < -0.4 is 9.64 Å². The van der Waals surface area contributed by atoms with E-state index in [1.807, 2.05) is 6.92 Å². The van der Waals surface area contributed by atoms with Crippen molar-refractivity contribution in [3.8, 4) is 5.88 Å². The van der Waals surface area contributed by atoms with Crippen molar-refractivity contribution in [1.82, 2.24) is 10.1 Å². The number of rotatable bonds is 12. The number of ether oxygens (including phenoxy) is 1. The topological polar surface area (TPSA) is 171 Å². The molecule has 0 aliphatic carbocycles. The lowest BCUT2D eigenvalue weighted by Crippen LogP contribution is -2.35. The molecule has 0 aliphatic rings. The molecule has 0 aliphatic heterocycles. The average Bonchev–Trinajstić information content (AvgIpc) is 3.09. The van der Waals surface area contributed by atoms with E-state index in [1.165, 1.54) is 29.2 Å². The molecule has 0 fully saturated rings. The normalized spacial score (nSPS) is 11.9. The Labute approximate surface area is 179 Å². The predicted octanol–water partition coefficient (Wildman–Crippen LogP) is 0.426. The Morgan fingerprint density at radius 2 is 1.90 bits per heavy atom. The van der Waals surface area contributed by atoms with Crippen molar-refractivity contribution in [1.29, 1.82) is 0 Å². The van der Waals surface area contributed by atoms with Crippen LogP contribution in [0.4, 0.5) is 0 Å². The molecule has 0 bridgehead atoms. The van der Waals surface area contributed by atoms with Crippen molar-refractivity contribution in [3.63, 3.8) is 0 Å². The maximum atomic E-state index is 12.7. The van der Waals surface area contributed by atoms with E-state index in [0.29, 0.717) is 13.0 Å². The van der Waals surface area contributed by atoms with Crippen molar-refractivity contribution in [2.45, 2.75) is 36.1 Å². The fourth-order valence-electron chi connectivity index (χ4n) is 2.65. The number of hydrogen-bond donors (Lipinski definition) is 1. The van der Waals surface area contributed by atoms with Crippen molar-refractivity contribution >= 4 is 25.9 Å². The number of sulfone groups is 1. The molecule has 1 heterocycles. The Morgan fingerprint density at radius 1 is 1.23 bits per heavy atom. The van der Waals surface area contributed by atoms with E-state index >= 15 is 0 Å². The van der Waals surface area contributed by atoms with Gasteiger partial charge in [-0.3, -0.25) is 14.0 Å². The lowest BCUT2D eigenvalue weighted by atomic mass is 10.2. The van der Waals surface area contributed by atoms with Gasteiger partial charge in [0, 0.05) is 19.5 Å². The van der Waals surface area contributed by atoms with Crippen LogP contribution in [-0.2, 0) is 24.7 Å². The van der Waals surface area contributed by atoms with Gasteiger partial charge < -0.3 is 14.8 Å². The van der Waals surface area contributed by atoms with Gasteiger partial charge in [0.25, 0.3) is 20.0 Å². The molecule has 0 spiro atoms. The van der Waals surface area contributed by atoms with E-state index in [0.717, 1.165) is 0 Å². The average molecular weight is 478 g/mol. The molecule has 0 saturated heterocycles. The maximum Gasteiger partial charge on any atom is 0.414 e. The fraction of sp³-hybridized carbons (Fsp3) is 0.471. The molecular weight excluding hydrogens is 454 g/mol. The van der Waals surface area contributed by atoms with E-state index in [4.69, 9.17) is 9.29 Å². The molecule has 0 unspecified atom stereocenters. The van der Waals surface area contributed by atoms with Gasteiger partial charge in [0.15, 0.2) is 0 Å². The van der Waals surface area contributed by atoms with Crippen LogP contribution in [0.5, 0.6) is 5.88 Å². The zero-order valence-corrected chi connectivity index (χ0v) is 18.3. The highest BCUT2D eigenvalue weighted by Gasteiger charge is 2.35. The van der Waals surface area contributed by atoms with Crippen molar-refractivity contribution in [3.05, 3.63) is 35.5 Å². The molecule has 1 N–H and O–H groups in total. The number of nitrogens with zero attached hydrogens (tertiary/aromatic N) is 3. The zero-order chi connectivity index (χ0) is 23.1. The van der Waals surface area contributed by atoms with Gasteiger partial charge in [-0.1, -0.05) is 25.1 Å². The minimum atomic E-state index is -4.24. The van der Waals surface area contributed by atoms with E-state index in [9.17, 15) is 26.8 Å². The number of benzene rings is 1. The molecule has 2 aromatic rings. The summed E-state index contributed by atoms with van der Waals surface area (Å²) in [5.74, 6) is -1.45. The first kappa shape index (κ1) is 24.6.